The van der Waals surface area contributed by atoms with Crippen LogP contribution in [0, 0.1) is 6.92 Å². The van der Waals surface area contributed by atoms with Gasteiger partial charge in [0.05, 0.1) is 17.5 Å². The summed E-state index contributed by atoms with van der Waals surface area (Å²) in [5.74, 6) is -1.09. The van der Waals surface area contributed by atoms with Crippen LogP contribution in [0.25, 0.3) is 5.95 Å². The van der Waals surface area contributed by atoms with Gasteiger partial charge in [-0.1, -0.05) is 0 Å². The van der Waals surface area contributed by atoms with Crippen LogP contribution in [-0.4, -0.2) is 50.8 Å². The molecular formula is C18H22N6O4. The number of hydrogen-bond donors (Lipinski definition) is 3. The lowest BCUT2D eigenvalue weighted by Gasteiger charge is -2.11. The molecule has 0 aromatic carbocycles. The first-order valence-electron chi connectivity index (χ1n) is 9.41. The molecule has 4 rings (SSSR count). The van der Waals surface area contributed by atoms with Crippen molar-refractivity contribution in [1.29, 1.82) is 0 Å². The van der Waals surface area contributed by atoms with Crippen LogP contribution in [0.4, 0.5) is 5.82 Å². The van der Waals surface area contributed by atoms with Gasteiger partial charge in [0.25, 0.3) is 5.56 Å². The monoisotopic (exact) mass is 386 g/mol. The summed E-state index contributed by atoms with van der Waals surface area (Å²) in [6.07, 6.45) is 4.11. The summed E-state index contributed by atoms with van der Waals surface area (Å²) in [6, 6.07) is 1.61. The zero-order chi connectivity index (χ0) is 19.7. The van der Waals surface area contributed by atoms with Crippen LogP contribution < -0.4 is 16.2 Å². The second-order valence-corrected chi connectivity index (χ2v) is 7.05. The second kappa shape index (κ2) is 7.55. The van der Waals surface area contributed by atoms with Crippen molar-refractivity contribution >= 4 is 17.6 Å². The smallest absolute Gasteiger partial charge is 0.314 e. The number of aromatic amines is 1. The van der Waals surface area contributed by atoms with Gasteiger partial charge in [0.1, 0.15) is 5.82 Å². The van der Waals surface area contributed by atoms with E-state index in [0.29, 0.717) is 30.8 Å². The van der Waals surface area contributed by atoms with E-state index in [1.807, 2.05) is 0 Å². The van der Waals surface area contributed by atoms with Gasteiger partial charge in [-0.2, -0.15) is 9.78 Å². The van der Waals surface area contributed by atoms with Gasteiger partial charge in [0.2, 0.25) is 5.95 Å². The summed E-state index contributed by atoms with van der Waals surface area (Å²) in [7, 11) is 0. The fraction of sp³-hybridized carbons (Fsp3) is 0.500. The molecule has 1 atom stereocenters. The normalized spacial score (nSPS) is 18.1. The van der Waals surface area contributed by atoms with Crippen molar-refractivity contribution in [2.75, 3.05) is 18.5 Å². The van der Waals surface area contributed by atoms with Crippen LogP contribution in [-0.2, 0) is 27.2 Å². The standard InChI is InChI=1S/C18H22N6O4/c1-10-8-14(21-17(27)16(26)19-9-11-4-3-7-28-11)24(23-10)18-20-13-6-2-5-12(13)15(25)22-18/h8,11H,2-7,9H2,1H3,(H,19,26)(H,21,27)(H,20,22,25). The van der Waals surface area contributed by atoms with Crippen molar-refractivity contribution in [3.05, 3.63) is 33.4 Å². The Kier molecular flexibility index (Phi) is 4.95. The molecule has 2 aromatic heterocycles. The summed E-state index contributed by atoms with van der Waals surface area (Å²) in [5.41, 5.74) is 1.86. The first-order chi connectivity index (χ1) is 13.5. The van der Waals surface area contributed by atoms with E-state index in [1.54, 1.807) is 13.0 Å². The molecule has 3 heterocycles. The number of fused-ring (bicyclic) bond motifs is 1. The molecule has 1 unspecified atom stereocenters. The van der Waals surface area contributed by atoms with Crippen LogP contribution in [0.15, 0.2) is 10.9 Å². The highest BCUT2D eigenvalue weighted by atomic mass is 16.5. The maximum Gasteiger partial charge on any atom is 0.314 e. The van der Waals surface area contributed by atoms with Crippen LogP contribution >= 0.6 is 0 Å². The Morgan fingerprint density at radius 2 is 2.18 bits per heavy atom. The molecule has 1 aliphatic heterocycles. The lowest BCUT2D eigenvalue weighted by atomic mass is 10.2. The average Bonchev–Trinajstić information content (AvgIpc) is 3.40. The van der Waals surface area contributed by atoms with Crippen molar-refractivity contribution in [2.45, 2.75) is 45.1 Å². The Morgan fingerprint density at radius 3 is 2.96 bits per heavy atom. The fourth-order valence-corrected chi connectivity index (χ4v) is 3.54. The van der Waals surface area contributed by atoms with Gasteiger partial charge in [0.15, 0.2) is 0 Å². The van der Waals surface area contributed by atoms with Crippen LogP contribution in [0.3, 0.4) is 0 Å². The lowest BCUT2D eigenvalue weighted by molar-refractivity contribution is -0.136. The Hall–Kier alpha value is -3.01. The number of aromatic nitrogens is 4. The molecule has 148 valence electrons. The van der Waals surface area contributed by atoms with Gasteiger partial charge in [-0.05, 0) is 39.0 Å². The minimum atomic E-state index is -0.817. The SMILES string of the molecule is Cc1cc(NC(=O)C(=O)NCC2CCCO2)n(-c2nc3c(c(=O)[nH]2)CCC3)n1. The Bertz CT molecular complexity index is 973. The van der Waals surface area contributed by atoms with Crippen LogP contribution in [0.1, 0.15) is 36.2 Å². The van der Waals surface area contributed by atoms with E-state index in [0.717, 1.165) is 31.4 Å². The summed E-state index contributed by atoms with van der Waals surface area (Å²) < 4.78 is 6.76. The van der Waals surface area contributed by atoms with Gasteiger partial charge in [-0.3, -0.25) is 19.4 Å². The second-order valence-electron chi connectivity index (χ2n) is 7.05. The van der Waals surface area contributed by atoms with E-state index in [1.165, 1.54) is 4.68 Å². The Morgan fingerprint density at radius 1 is 1.32 bits per heavy atom. The molecule has 0 radical (unpaired) electrons. The minimum absolute atomic E-state index is 0.0507. The topological polar surface area (TPSA) is 131 Å². The van der Waals surface area contributed by atoms with Gasteiger partial charge in [0, 0.05) is 24.8 Å². The van der Waals surface area contributed by atoms with E-state index in [2.05, 4.69) is 25.7 Å². The molecule has 10 heteroatoms. The lowest BCUT2D eigenvalue weighted by Crippen LogP contribution is -2.39. The van der Waals surface area contributed by atoms with Gasteiger partial charge < -0.3 is 15.4 Å². The van der Waals surface area contributed by atoms with E-state index < -0.39 is 11.8 Å². The van der Waals surface area contributed by atoms with Crippen molar-refractivity contribution in [3.8, 4) is 5.95 Å². The molecule has 2 aromatic rings. The summed E-state index contributed by atoms with van der Waals surface area (Å²) >= 11 is 0. The van der Waals surface area contributed by atoms with Crippen LogP contribution in [0.2, 0.25) is 0 Å². The van der Waals surface area contributed by atoms with E-state index >= 15 is 0 Å². The number of H-pyrrole nitrogens is 1. The van der Waals surface area contributed by atoms with E-state index in [9.17, 15) is 14.4 Å². The Balaban J connectivity index is 1.50. The van der Waals surface area contributed by atoms with E-state index in [4.69, 9.17) is 4.74 Å². The highest BCUT2D eigenvalue weighted by molar-refractivity contribution is 6.39. The molecule has 1 aliphatic carbocycles. The number of nitrogens with one attached hydrogen (secondary N) is 3. The average molecular weight is 386 g/mol. The first-order valence-corrected chi connectivity index (χ1v) is 9.41. The number of rotatable bonds is 4. The number of amides is 2. The molecule has 10 nitrogen and oxygen atoms in total. The summed E-state index contributed by atoms with van der Waals surface area (Å²) in [4.78, 5) is 43.8. The molecule has 0 saturated carbocycles. The molecule has 0 bridgehead atoms. The van der Waals surface area contributed by atoms with Crippen LogP contribution in [0.5, 0.6) is 0 Å². The number of aryl methyl sites for hydroxylation is 2. The fourth-order valence-electron chi connectivity index (χ4n) is 3.54. The third-order valence-corrected chi connectivity index (χ3v) is 4.92. The highest BCUT2D eigenvalue weighted by Crippen LogP contribution is 2.19. The summed E-state index contributed by atoms with van der Waals surface area (Å²) in [5, 5.41) is 9.40. The first kappa shape index (κ1) is 18.4. The van der Waals surface area contributed by atoms with Crippen molar-refractivity contribution in [1.82, 2.24) is 25.1 Å². The molecule has 1 saturated heterocycles. The third kappa shape index (κ3) is 3.68. The van der Waals surface area contributed by atoms with Crippen molar-refractivity contribution in [2.24, 2.45) is 0 Å². The molecular weight excluding hydrogens is 364 g/mol. The van der Waals surface area contributed by atoms with E-state index in [-0.39, 0.29) is 23.4 Å². The quantitative estimate of drug-likeness (QED) is 0.633. The number of hydrogen-bond acceptors (Lipinski definition) is 6. The molecule has 2 aliphatic rings. The highest BCUT2D eigenvalue weighted by Gasteiger charge is 2.23. The zero-order valence-electron chi connectivity index (χ0n) is 15.6. The maximum atomic E-state index is 12.3. The number of carbonyl (C=O) groups is 2. The van der Waals surface area contributed by atoms with Crippen molar-refractivity contribution in [3.63, 3.8) is 0 Å². The molecule has 28 heavy (non-hydrogen) atoms. The predicted molar refractivity (Wildman–Crippen MR) is 99.4 cm³/mol. The third-order valence-electron chi connectivity index (χ3n) is 4.92. The van der Waals surface area contributed by atoms with Crippen molar-refractivity contribution < 1.29 is 14.3 Å². The maximum absolute atomic E-state index is 12.3. The molecule has 0 spiro atoms. The number of ether oxygens (including phenoxy) is 1. The van der Waals surface area contributed by atoms with Gasteiger partial charge in [-0.25, -0.2) is 4.98 Å². The molecule has 1 fully saturated rings. The molecule has 3 N–H and O–H groups in total. The largest absolute Gasteiger partial charge is 0.376 e. The van der Waals surface area contributed by atoms with Gasteiger partial charge in [-0.15, -0.1) is 0 Å². The number of anilines is 1. The number of nitrogens with zero attached hydrogens (tertiary/aromatic N) is 3. The number of carbonyl (C=O) groups excluding carboxylic acids is 2. The minimum Gasteiger partial charge on any atom is -0.376 e. The summed E-state index contributed by atoms with van der Waals surface area (Å²) in [6.45, 7) is 2.72. The predicted octanol–water partition coefficient (Wildman–Crippen LogP) is -0.0136. The molecule has 2 amide bonds. The van der Waals surface area contributed by atoms with Gasteiger partial charge >= 0.3 is 11.8 Å². The zero-order valence-corrected chi connectivity index (χ0v) is 15.6. The Labute approximate surface area is 160 Å².